The summed E-state index contributed by atoms with van der Waals surface area (Å²) in [5.74, 6) is 0. The van der Waals surface area contributed by atoms with Gasteiger partial charge in [-0.05, 0) is 25.7 Å². The highest BCUT2D eigenvalue weighted by atomic mass is 31.2. The smallest absolute Gasteiger partial charge is 0.377 e. The third-order valence-electron chi connectivity index (χ3n) is 12.0. The molecule has 410 valence electrons. The first-order valence-corrected chi connectivity index (χ1v) is 30.7. The Bertz CT molecular complexity index is 975. The van der Waals surface area contributed by atoms with Gasteiger partial charge in [-0.25, -0.2) is 0 Å². The lowest BCUT2D eigenvalue weighted by atomic mass is 10.0. The van der Waals surface area contributed by atoms with E-state index in [2.05, 4.69) is 13.8 Å². The number of hydrogen-bond acceptors (Lipinski definition) is 12. The molecule has 68 heavy (non-hydrogen) atoms. The van der Waals surface area contributed by atoms with E-state index in [4.69, 9.17) is 37.0 Å². The maximum absolute atomic E-state index is 12.4. The zero-order valence-electron chi connectivity index (χ0n) is 45.6. The van der Waals surface area contributed by atoms with Crippen molar-refractivity contribution in [1.29, 1.82) is 0 Å². The molecular formula is C52H112N2O12P2+2. The molecule has 2 N–H and O–H groups in total. The van der Waals surface area contributed by atoms with Crippen molar-refractivity contribution in [2.24, 2.45) is 0 Å². The van der Waals surface area contributed by atoms with Gasteiger partial charge in [0.25, 0.3) is 0 Å². The summed E-state index contributed by atoms with van der Waals surface area (Å²) in [6, 6.07) is 0. The predicted molar refractivity (Wildman–Crippen MR) is 279 cm³/mol. The molecule has 0 rings (SSSR count). The van der Waals surface area contributed by atoms with Crippen molar-refractivity contribution in [3.8, 4) is 0 Å². The maximum atomic E-state index is 12.4. The fraction of sp³-hybridized carbons (Fsp3) is 1.00. The van der Waals surface area contributed by atoms with E-state index in [-0.39, 0.29) is 26.4 Å². The van der Waals surface area contributed by atoms with E-state index in [1.165, 1.54) is 141 Å². The third kappa shape index (κ3) is 52.6. The molecule has 0 aromatic carbocycles. The Labute approximate surface area is 420 Å². The number of hydrogen-bond donors (Lipinski definition) is 2. The van der Waals surface area contributed by atoms with Crippen LogP contribution in [0.4, 0.5) is 0 Å². The largest absolute Gasteiger partial charge is 0.606 e. The molecule has 14 nitrogen and oxygen atoms in total. The fourth-order valence-corrected chi connectivity index (χ4v) is 8.99. The molecule has 0 aliphatic heterocycles. The number of quaternary nitrogens is 2. The Morgan fingerprint density at radius 2 is 0.588 bits per heavy atom. The van der Waals surface area contributed by atoms with Crippen molar-refractivity contribution < 1.29 is 65.6 Å². The summed E-state index contributed by atoms with van der Waals surface area (Å²) in [5, 5.41) is 0. The minimum atomic E-state index is -4.15. The predicted octanol–water partition coefficient (Wildman–Crippen LogP) is 11.1. The molecule has 0 fully saturated rings. The lowest BCUT2D eigenvalue weighted by Gasteiger charge is -2.26. The summed E-state index contributed by atoms with van der Waals surface area (Å²) in [6.07, 6.45) is 36.0. The van der Waals surface area contributed by atoms with Crippen molar-refractivity contribution in [1.82, 2.24) is 0 Å². The highest BCUT2D eigenvalue weighted by molar-refractivity contribution is 7.53. The van der Waals surface area contributed by atoms with Crippen molar-refractivity contribution in [2.45, 2.75) is 219 Å². The monoisotopic (exact) mass is 1020 g/mol. The van der Waals surface area contributed by atoms with Crippen LogP contribution in [-0.2, 0) is 37.0 Å². The van der Waals surface area contributed by atoms with Crippen LogP contribution in [0.2, 0.25) is 0 Å². The van der Waals surface area contributed by atoms with E-state index in [1.807, 2.05) is 42.3 Å². The van der Waals surface area contributed by atoms with Crippen molar-refractivity contribution in [3.63, 3.8) is 0 Å². The molecule has 0 aliphatic rings. The molecule has 0 aromatic rings. The van der Waals surface area contributed by atoms with E-state index in [0.29, 0.717) is 61.7 Å². The standard InChI is InChI=1S/C52H110N2O12P2/c1-9-11-13-15-33-37-43-61-51(49-65-67(55,56)63-45-39-53(3,4)5)47-59-41-35-31-29-27-25-23-21-19-17-18-20-22-24-26-28-30-32-36-42-60-48-52(62-44-38-34-16-14-12-10-2)50-66-68(57,58)64-46-40-54(6,7)8/h51-52H,9-50H2,1-8H3/p+2. The van der Waals surface area contributed by atoms with Gasteiger partial charge in [0, 0.05) is 26.4 Å². The van der Waals surface area contributed by atoms with Crippen LogP contribution in [0, 0.1) is 0 Å². The maximum Gasteiger partial charge on any atom is 0.377 e. The second-order valence-corrected chi connectivity index (χ2v) is 24.2. The van der Waals surface area contributed by atoms with E-state index >= 15 is 0 Å². The Morgan fingerprint density at radius 3 is 0.853 bits per heavy atom. The van der Waals surface area contributed by atoms with Crippen molar-refractivity contribution in [3.05, 3.63) is 0 Å². The summed E-state index contributed by atoms with van der Waals surface area (Å²) in [5.41, 5.74) is 0. The van der Waals surface area contributed by atoms with Crippen LogP contribution in [-0.4, -0.2) is 152 Å². The van der Waals surface area contributed by atoms with Gasteiger partial charge in [0.05, 0.1) is 55.5 Å². The fourth-order valence-electron chi connectivity index (χ4n) is 7.51. The number of unbranched alkanes of at least 4 members (excludes halogenated alkanes) is 27. The summed E-state index contributed by atoms with van der Waals surface area (Å²) in [7, 11) is 3.73. The van der Waals surface area contributed by atoms with Crippen LogP contribution in [0.3, 0.4) is 0 Å². The zero-order valence-corrected chi connectivity index (χ0v) is 47.4. The average Bonchev–Trinajstić information content (AvgIpc) is 3.26. The summed E-state index contributed by atoms with van der Waals surface area (Å²) in [4.78, 5) is 45.2. The Kier molecular flexibility index (Phi) is 46.1. The molecule has 0 radical (unpaired) electrons. The number of rotatable bonds is 55. The van der Waals surface area contributed by atoms with Gasteiger partial charge in [-0.2, -0.15) is 27.9 Å². The topological polar surface area (TPSA) is 160 Å². The number of phosphoric acid groups is 2. The average molecular weight is 1020 g/mol. The quantitative estimate of drug-likeness (QED) is 0.0338. The minimum Gasteiger partial charge on any atom is -0.606 e. The Hall–Kier alpha value is 0.300. The molecule has 0 aliphatic carbocycles. The lowest BCUT2D eigenvalue weighted by Crippen LogP contribution is -2.38. The summed E-state index contributed by atoms with van der Waals surface area (Å²) in [6.45, 7) is 9.08. The highest BCUT2D eigenvalue weighted by Gasteiger charge is 2.31. The first kappa shape index (κ1) is 68.3. The van der Waals surface area contributed by atoms with Crippen LogP contribution in [0.1, 0.15) is 206 Å². The van der Waals surface area contributed by atoms with Gasteiger partial charge in [-0.1, -0.05) is 181 Å². The molecule has 4 atom stereocenters. The molecule has 0 saturated heterocycles. The SMILES string of the molecule is CCCCCCCCOC(COCCCCCCCCCCCCCCCCCCCCOCC(CO[P+]([O-])(O)OCC[N+](C)(C)C)OCCCCCCCC)CO[P+]([O-])(O)OCC[N+](C)(C)C. The number of likely N-dealkylation sites (N-methyl/N-ethyl adjacent to an activating group) is 2. The van der Waals surface area contributed by atoms with Gasteiger partial charge in [0.1, 0.15) is 51.7 Å². The van der Waals surface area contributed by atoms with Gasteiger partial charge >= 0.3 is 16.3 Å². The summed E-state index contributed by atoms with van der Waals surface area (Å²) >= 11 is 0. The van der Waals surface area contributed by atoms with Gasteiger partial charge in [0.2, 0.25) is 0 Å². The normalized spacial score (nSPS) is 15.2. The van der Waals surface area contributed by atoms with E-state index in [0.717, 1.165) is 51.4 Å². The number of ether oxygens (including phenoxy) is 4. The van der Waals surface area contributed by atoms with Gasteiger partial charge < -0.3 is 37.7 Å². The second kappa shape index (κ2) is 45.9. The van der Waals surface area contributed by atoms with Crippen LogP contribution in [0.25, 0.3) is 0 Å². The van der Waals surface area contributed by atoms with Crippen molar-refractivity contribution >= 4 is 16.3 Å². The molecule has 0 spiro atoms. The molecule has 0 aromatic heterocycles. The molecule has 0 heterocycles. The Balaban J connectivity index is 3.95. The van der Waals surface area contributed by atoms with Crippen LogP contribution in [0.5, 0.6) is 0 Å². The first-order valence-electron chi connectivity index (χ1n) is 27.7. The molecule has 0 amide bonds. The zero-order chi connectivity index (χ0) is 50.5. The van der Waals surface area contributed by atoms with Crippen LogP contribution in [0.15, 0.2) is 0 Å². The number of nitrogens with zero attached hydrogens (tertiary/aromatic N) is 2. The molecular weight excluding hydrogens is 907 g/mol. The molecule has 16 heteroatoms. The molecule has 0 saturated carbocycles. The second-order valence-electron chi connectivity index (χ2n) is 21.3. The van der Waals surface area contributed by atoms with E-state index in [1.54, 1.807) is 0 Å². The lowest BCUT2D eigenvalue weighted by molar-refractivity contribution is -0.870. The van der Waals surface area contributed by atoms with Gasteiger partial charge in [0.15, 0.2) is 0 Å². The summed E-state index contributed by atoms with van der Waals surface area (Å²) < 4.78 is 46.2. The number of phosphoric ester groups is 2. The van der Waals surface area contributed by atoms with Crippen LogP contribution >= 0.6 is 16.3 Å². The molecule has 0 bridgehead atoms. The van der Waals surface area contributed by atoms with Crippen molar-refractivity contribution in [2.75, 3.05) is 121 Å². The van der Waals surface area contributed by atoms with E-state index in [9.17, 15) is 19.6 Å². The van der Waals surface area contributed by atoms with Gasteiger partial charge in [-0.15, -0.1) is 0 Å². The minimum absolute atomic E-state index is 0.0272. The van der Waals surface area contributed by atoms with Gasteiger partial charge in [-0.3, -0.25) is 0 Å². The third-order valence-corrected chi connectivity index (χ3v) is 14.0. The van der Waals surface area contributed by atoms with Crippen LogP contribution < -0.4 is 9.79 Å². The Morgan fingerprint density at radius 1 is 0.338 bits per heavy atom. The first-order chi connectivity index (χ1) is 32.5. The van der Waals surface area contributed by atoms with E-state index < -0.39 is 28.5 Å². The molecule has 4 unspecified atom stereocenters. The highest BCUT2D eigenvalue weighted by Crippen LogP contribution is 2.48.